The second kappa shape index (κ2) is 9.82. The summed E-state index contributed by atoms with van der Waals surface area (Å²) in [5.41, 5.74) is 3.00. The lowest BCUT2D eigenvalue weighted by atomic mass is 10.1. The first-order valence-electron chi connectivity index (χ1n) is 8.68. The second-order valence-corrected chi connectivity index (χ2v) is 6.80. The van der Waals surface area contributed by atoms with Crippen molar-refractivity contribution in [2.24, 2.45) is 0 Å². The fourth-order valence-corrected chi connectivity index (χ4v) is 2.95. The van der Waals surface area contributed by atoms with Crippen molar-refractivity contribution in [1.29, 1.82) is 0 Å². The number of rotatable bonds is 8. The van der Waals surface area contributed by atoms with E-state index in [1.54, 1.807) is 0 Å². The molecule has 0 bridgehead atoms. The average Bonchev–Trinajstić information content (AvgIpc) is 3.09. The van der Waals surface area contributed by atoms with E-state index in [-0.39, 0.29) is 18.9 Å². The number of thiazole rings is 1. The Morgan fingerprint density at radius 1 is 1.22 bits per heavy atom. The van der Waals surface area contributed by atoms with Crippen molar-refractivity contribution < 1.29 is 19.1 Å². The number of carbonyl (C=O) groups is 3. The lowest BCUT2D eigenvalue weighted by Gasteiger charge is -2.12. The number of nitrogens with zero attached hydrogens (tertiary/aromatic N) is 1. The summed E-state index contributed by atoms with van der Waals surface area (Å²) < 4.78 is 5.06. The Hall–Kier alpha value is -2.74. The summed E-state index contributed by atoms with van der Waals surface area (Å²) in [5.74, 6) is -1.23. The van der Waals surface area contributed by atoms with Crippen LogP contribution < -0.4 is 10.6 Å². The van der Waals surface area contributed by atoms with Crippen LogP contribution in [0, 0.1) is 0 Å². The number of aromatic nitrogens is 1. The van der Waals surface area contributed by atoms with E-state index in [2.05, 4.69) is 34.7 Å². The molecule has 1 aromatic carbocycles. The number of esters is 1. The quantitative estimate of drug-likeness (QED) is 0.677. The number of carbonyl (C=O) groups excluding carboxylic acids is 3. The lowest BCUT2D eigenvalue weighted by molar-refractivity contribution is -0.153. The van der Waals surface area contributed by atoms with Crippen LogP contribution >= 0.6 is 11.3 Å². The maximum absolute atomic E-state index is 12.2. The van der Waals surface area contributed by atoms with Crippen LogP contribution in [0.25, 0.3) is 11.3 Å². The lowest BCUT2D eigenvalue weighted by Crippen LogP contribution is -2.31. The molecule has 0 aliphatic heterocycles. The zero-order chi connectivity index (χ0) is 19.8. The van der Waals surface area contributed by atoms with E-state index in [1.165, 1.54) is 30.7 Å². The van der Waals surface area contributed by atoms with Crippen molar-refractivity contribution in [2.45, 2.75) is 39.7 Å². The van der Waals surface area contributed by atoms with E-state index < -0.39 is 18.0 Å². The summed E-state index contributed by atoms with van der Waals surface area (Å²) in [4.78, 5) is 39.0. The highest BCUT2D eigenvalue weighted by molar-refractivity contribution is 7.14. The third kappa shape index (κ3) is 6.49. The normalized spacial score (nSPS) is 11.5. The Labute approximate surface area is 162 Å². The molecule has 1 heterocycles. The number of amides is 2. The molecule has 0 spiro atoms. The van der Waals surface area contributed by atoms with Crippen LogP contribution in [0.15, 0.2) is 29.6 Å². The van der Waals surface area contributed by atoms with Gasteiger partial charge in [-0.2, -0.15) is 0 Å². The Morgan fingerprint density at radius 2 is 1.93 bits per heavy atom. The molecule has 1 atom stereocenters. The molecule has 0 saturated heterocycles. The molecule has 0 aliphatic carbocycles. The van der Waals surface area contributed by atoms with E-state index >= 15 is 0 Å². The molecule has 0 saturated carbocycles. The number of ether oxygens (including phenoxy) is 1. The molecule has 0 fully saturated rings. The summed E-state index contributed by atoms with van der Waals surface area (Å²) >= 11 is 1.31. The van der Waals surface area contributed by atoms with Gasteiger partial charge in [0.2, 0.25) is 5.91 Å². The largest absolute Gasteiger partial charge is 0.452 e. The highest BCUT2D eigenvalue weighted by Gasteiger charge is 2.19. The van der Waals surface area contributed by atoms with Gasteiger partial charge in [0.25, 0.3) is 5.91 Å². The first kappa shape index (κ1) is 20.6. The molecule has 144 valence electrons. The maximum Gasteiger partial charge on any atom is 0.308 e. The van der Waals surface area contributed by atoms with Gasteiger partial charge in [-0.1, -0.05) is 31.2 Å². The first-order valence-corrected chi connectivity index (χ1v) is 9.56. The monoisotopic (exact) mass is 389 g/mol. The number of benzene rings is 1. The first-order chi connectivity index (χ1) is 12.9. The van der Waals surface area contributed by atoms with Crippen molar-refractivity contribution in [1.82, 2.24) is 10.3 Å². The van der Waals surface area contributed by atoms with Crippen molar-refractivity contribution >= 4 is 34.3 Å². The number of anilines is 1. The molecule has 2 N–H and O–H groups in total. The maximum atomic E-state index is 12.2. The Morgan fingerprint density at radius 3 is 2.56 bits per heavy atom. The molecular weight excluding hydrogens is 366 g/mol. The smallest absolute Gasteiger partial charge is 0.308 e. The minimum absolute atomic E-state index is 0.00631. The Bertz CT molecular complexity index is 802. The highest BCUT2D eigenvalue weighted by Crippen LogP contribution is 2.25. The molecule has 27 heavy (non-hydrogen) atoms. The van der Waals surface area contributed by atoms with Gasteiger partial charge < -0.3 is 10.1 Å². The van der Waals surface area contributed by atoms with E-state index in [9.17, 15) is 14.4 Å². The summed E-state index contributed by atoms with van der Waals surface area (Å²) in [6.45, 7) is 5.12. The molecule has 1 aromatic heterocycles. The molecule has 0 aliphatic rings. The van der Waals surface area contributed by atoms with Gasteiger partial charge >= 0.3 is 5.97 Å². The molecule has 0 unspecified atom stereocenters. The standard InChI is InChI=1S/C19H23N3O4S/c1-4-14-5-7-15(8-6-14)16-11-27-19(21-16)22-18(25)12(2)26-17(24)9-10-20-13(3)23/h5-8,11-12H,4,9-10H2,1-3H3,(H,20,23)(H,21,22,25)/t12-/m0/s1. The third-order valence-corrected chi connectivity index (χ3v) is 4.53. The second-order valence-electron chi connectivity index (χ2n) is 5.94. The van der Waals surface area contributed by atoms with Gasteiger partial charge in [-0.3, -0.25) is 19.7 Å². The molecular formula is C19H23N3O4S. The SMILES string of the molecule is CCc1ccc(-c2csc(NC(=O)[C@H](C)OC(=O)CCNC(C)=O)n2)cc1. The predicted molar refractivity (Wildman–Crippen MR) is 104 cm³/mol. The van der Waals surface area contributed by atoms with Gasteiger partial charge in [0.1, 0.15) is 0 Å². The van der Waals surface area contributed by atoms with E-state index in [0.29, 0.717) is 5.13 Å². The fourth-order valence-electron chi connectivity index (χ4n) is 2.23. The van der Waals surface area contributed by atoms with E-state index in [4.69, 9.17) is 4.74 Å². The van der Waals surface area contributed by atoms with Crippen molar-refractivity contribution in [3.05, 3.63) is 35.2 Å². The predicted octanol–water partition coefficient (Wildman–Crippen LogP) is 2.77. The van der Waals surface area contributed by atoms with Crippen LogP contribution in [-0.2, 0) is 25.5 Å². The van der Waals surface area contributed by atoms with E-state index in [1.807, 2.05) is 17.5 Å². The minimum atomic E-state index is -0.953. The van der Waals surface area contributed by atoms with Gasteiger partial charge in [0, 0.05) is 24.4 Å². The van der Waals surface area contributed by atoms with Crippen molar-refractivity contribution in [3.8, 4) is 11.3 Å². The molecule has 2 amide bonds. The van der Waals surface area contributed by atoms with Crippen LogP contribution in [0.2, 0.25) is 0 Å². The van der Waals surface area contributed by atoms with Crippen LogP contribution in [-0.4, -0.2) is 35.4 Å². The van der Waals surface area contributed by atoms with Crippen LogP contribution in [0.4, 0.5) is 5.13 Å². The molecule has 8 heteroatoms. The summed E-state index contributed by atoms with van der Waals surface area (Å²) in [6, 6.07) is 8.10. The number of hydrogen-bond donors (Lipinski definition) is 2. The topological polar surface area (TPSA) is 97.4 Å². The fraction of sp³-hybridized carbons (Fsp3) is 0.368. The summed E-state index contributed by atoms with van der Waals surface area (Å²) in [5, 5.41) is 7.45. The van der Waals surface area contributed by atoms with Gasteiger partial charge in [0.05, 0.1) is 12.1 Å². The summed E-state index contributed by atoms with van der Waals surface area (Å²) in [7, 11) is 0. The van der Waals surface area contributed by atoms with Crippen LogP contribution in [0.5, 0.6) is 0 Å². The number of hydrogen-bond acceptors (Lipinski definition) is 6. The Kier molecular flexibility index (Phi) is 7.48. The van der Waals surface area contributed by atoms with Gasteiger partial charge in [-0.15, -0.1) is 11.3 Å². The van der Waals surface area contributed by atoms with E-state index in [0.717, 1.165) is 17.7 Å². The third-order valence-electron chi connectivity index (χ3n) is 3.77. The zero-order valence-corrected chi connectivity index (χ0v) is 16.4. The molecule has 2 rings (SSSR count). The highest BCUT2D eigenvalue weighted by atomic mass is 32.1. The zero-order valence-electron chi connectivity index (χ0n) is 15.6. The number of aryl methyl sites for hydroxylation is 1. The van der Waals surface area contributed by atoms with Gasteiger partial charge in [0.15, 0.2) is 11.2 Å². The molecule has 2 aromatic rings. The summed E-state index contributed by atoms with van der Waals surface area (Å²) in [6.07, 6.45) is 0.0258. The van der Waals surface area contributed by atoms with Gasteiger partial charge in [-0.25, -0.2) is 4.98 Å². The molecule has 7 nitrogen and oxygen atoms in total. The number of nitrogens with one attached hydrogen (secondary N) is 2. The van der Waals surface area contributed by atoms with Gasteiger partial charge in [-0.05, 0) is 18.9 Å². The van der Waals surface area contributed by atoms with Crippen LogP contribution in [0.3, 0.4) is 0 Å². The van der Waals surface area contributed by atoms with Crippen LogP contribution in [0.1, 0.15) is 32.8 Å². The minimum Gasteiger partial charge on any atom is -0.452 e. The Balaban J connectivity index is 1.87. The van der Waals surface area contributed by atoms with Crippen molar-refractivity contribution in [3.63, 3.8) is 0 Å². The van der Waals surface area contributed by atoms with Crippen molar-refractivity contribution in [2.75, 3.05) is 11.9 Å². The molecule has 0 radical (unpaired) electrons. The average molecular weight is 389 g/mol.